The number of fused-ring (bicyclic) bond motifs is 1. The third kappa shape index (κ3) is 7.41. The largest absolute Gasteiger partial charge is 0.324 e. The van der Waals surface area contributed by atoms with E-state index in [1.807, 2.05) is 26.0 Å². The number of aromatic nitrogens is 3. The summed E-state index contributed by atoms with van der Waals surface area (Å²) in [6.07, 6.45) is 6.02. The normalized spacial score (nSPS) is 19.7. The Morgan fingerprint density at radius 3 is 2.22 bits per heavy atom. The highest BCUT2D eigenvalue weighted by atomic mass is 35.5. The third-order valence-corrected chi connectivity index (χ3v) is 14.2. The van der Waals surface area contributed by atoms with Gasteiger partial charge in [-0.15, -0.1) is 0 Å². The number of halogens is 2. The van der Waals surface area contributed by atoms with Crippen LogP contribution in [-0.4, -0.2) is 87.0 Å². The van der Waals surface area contributed by atoms with Crippen LogP contribution in [0.3, 0.4) is 0 Å². The molecule has 2 fully saturated rings. The summed E-state index contributed by atoms with van der Waals surface area (Å²) in [6, 6.07) is 12.8. The molecule has 0 saturated carbocycles. The predicted molar refractivity (Wildman–Crippen MR) is 202 cm³/mol. The summed E-state index contributed by atoms with van der Waals surface area (Å²) in [6.45, 7) is 6.34. The van der Waals surface area contributed by atoms with Gasteiger partial charge in [-0.2, -0.15) is 4.98 Å². The lowest BCUT2D eigenvalue weighted by molar-refractivity contribution is 0.251. The number of likely N-dealkylation sites (N-methyl/N-ethyl adjacent to an activating group) is 1. The Morgan fingerprint density at radius 1 is 0.980 bits per heavy atom. The van der Waals surface area contributed by atoms with Crippen LogP contribution in [0.5, 0.6) is 0 Å². The molecule has 10 nitrogen and oxygen atoms in total. The standard InChI is InChI=1S/C35H42Cl2N6O4S2/c1-22(2)48(4,45)28-18-30(36)32(31(37)19-28)29-17-25-20-38-35(39-26-10-8-23(9-11-26)24-7-6-14-41(3)21-24)40-33(25)43(34(29)44)27-12-15-42(16-13-27)49(5,46)47/h8-11,17-20,22,24,27H,4,6-7,12-16,21H2,1-3,5H3,(H,38,39,40). The lowest BCUT2D eigenvalue weighted by atomic mass is 9.91. The van der Waals surface area contributed by atoms with Gasteiger partial charge < -0.3 is 10.2 Å². The van der Waals surface area contributed by atoms with Crippen molar-refractivity contribution in [3.8, 4) is 11.1 Å². The van der Waals surface area contributed by atoms with Crippen LogP contribution in [0.15, 0.2) is 58.4 Å². The maximum Gasteiger partial charge on any atom is 0.260 e. The van der Waals surface area contributed by atoms with E-state index in [1.165, 1.54) is 29.0 Å². The second-order valence-electron chi connectivity index (χ2n) is 13.5. The van der Waals surface area contributed by atoms with E-state index in [-0.39, 0.29) is 45.5 Å². The second-order valence-corrected chi connectivity index (χ2v) is 19.1. The van der Waals surface area contributed by atoms with Crippen LogP contribution in [0.1, 0.15) is 57.1 Å². The van der Waals surface area contributed by atoms with E-state index in [0.717, 1.165) is 18.8 Å². The smallest absolute Gasteiger partial charge is 0.260 e. The van der Waals surface area contributed by atoms with Crippen molar-refractivity contribution >= 4 is 71.3 Å². The van der Waals surface area contributed by atoms with Crippen molar-refractivity contribution in [3.63, 3.8) is 0 Å². The molecule has 0 aliphatic carbocycles. The number of nitrogens with one attached hydrogen (secondary N) is 1. The van der Waals surface area contributed by atoms with Gasteiger partial charge in [-0.3, -0.25) is 13.6 Å². The van der Waals surface area contributed by atoms with E-state index >= 15 is 0 Å². The summed E-state index contributed by atoms with van der Waals surface area (Å²) in [4.78, 5) is 26.7. The van der Waals surface area contributed by atoms with E-state index in [1.54, 1.807) is 29.0 Å². The van der Waals surface area contributed by atoms with Gasteiger partial charge in [0.15, 0.2) is 0 Å². The number of pyridine rings is 1. The van der Waals surface area contributed by atoms with Gasteiger partial charge in [0.25, 0.3) is 5.56 Å². The van der Waals surface area contributed by atoms with Gasteiger partial charge in [0, 0.05) is 58.7 Å². The molecule has 49 heavy (non-hydrogen) atoms. The number of likely N-dealkylation sites (tertiary alicyclic amines) is 1. The monoisotopic (exact) mass is 744 g/mol. The highest BCUT2D eigenvalue weighted by Gasteiger charge is 2.30. The first-order chi connectivity index (χ1) is 23.1. The lowest BCUT2D eigenvalue weighted by Crippen LogP contribution is -2.40. The number of piperidine rings is 2. The lowest BCUT2D eigenvalue weighted by Gasteiger charge is -2.32. The molecule has 14 heteroatoms. The molecule has 2 atom stereocenters. The molecule has 0 spiro atoms. The van der Waals surface area contributed by atoms with Crippen molar-refractivity contribution in [1.29, 1.82) is 0 Å². The zero-order valence-electron chi connectivity index (χ0n) is 28.2. The van der Waals surface area contributed by atoms with Crippen molar-refractivity contribution in [2.45, 2.75) is 61.6 Å². The maximum atomic E-state index is 14.5. The van der Waals surface area contributed by atoms with E-state index in [9.17, 15) is 17.4 Å². The second kappa shape index (κ2) is 14.0. The molecule has 4 aromatic rings. The fourth-order valence-electron chi connectivity index (χ4n) is 6.82. The quantitative estimate of drug-likeness (QED) is 0.206. The first kappa shape index (κ1) is 35.8. The third-order valence-electron chi connectivity index (χ3n) is 9.74. The number of hydrogen-bond acceptors (Lipinski definition) is 8. The minimum absolute atomic E-state index is 0.178. The number of anilines is 2. The highest BCUT2D eigenvalue weighted by molar-refractivity contribution is 8.00. The van der Waals surface area contributed by atoms with Gasteiger partial charge >= 0.3 is 0 Å². The van der Waals surface area contributed by atoms with Crippen molar-refractivity contribution in [1.82, 2.24) is 23.7 Å². The number of hydrogen-bond donors (Lipinski definition) is 1. The van der Waals surface area contributed by atoms with Gasteiger partial charge in [0.2, 0.25) is 16.0 Å². The van der Waals surface area contributed by atoms with Gasteiger partial charge in [-0.05, 0) is 96.5 Å². The first-order valence-electron chi connectivity index (χ1n) is 16.4. The molecular formula is C35H42Cl2N6O4S2. The Kier molecular flexibility index (Phi) is 10.2. The van der Waals surface area contributed by atoms with Crippen LogP contribution in [0, 0.1) is 0 Å². The Morgan fingerprint density at radius 2 is 1.63 bits per heavy atom. The molecule has 2 aromatic carbocycles. The highest BCUT2D eigenvalue weighted by Crippen LogP contribution is 2.38. The fraction of sp³-hybridized carbons (Fsp3) is 0.429. The summed E-state index contributed by atoms with van der Waals surface area (Å²) in [5.41, 5.74) is 2.72. The summed E-state index contributed by atoms with van der Waals surface area (Å²) in [5.74, 6) is 4.75. The Labute approximate surface area is 298 Å². The predicted octanol–water partition coefficient (Wildman–Crippen LogP) is 6.40. The van der Waals surface area contributed by atoms with Crippen LogP contribution in [0.2, 0.25) is 10.0 Å². The average molecular weight is 746 g/mol. The summed E-state index contributed by atoms with van der Waals surface area (Å²) < 4.78 is 40.9. The van der Waals surface area contributed by atoms with E-state index in [4.69, 9.17) is 28.2 Å². The van der Waals surface area contributed by atoms with E-state index in [2.05, 4.69) is 40.3 Å². The van der Waals surface area contributed by atoms with Gasteiger partial charge in [0.05, 0.1) is 21.9 Å². The summed E-state index contributed by atoms with van der Waals surface area (Å²) in [7, 11) is -3.91. The molecule has 2 aliphatic heterocycles. The molecule has 6 rings (SSSR count). The van der Waals surface area contributed by atoms with Gasteiger partial charge in [0.1, 0.15) is 5.65 Å². The average Bonchev–Trinajstić information content (AvgIpc) is 3.05. The van der Waals surface area contributed by atoms with Gasteiger partial charge in [-0.1, -0.05) is 49.2 Å². The van der Waals surface area contributed by atoms with E-state index in [0.29, 0.717) is 46.2 Å². The minimum Gasteiger partial charge on any atom is -0.324 e. The van der Waals surface area contributed by atoms with Crippen molar-refractivity contribution < 1.29 is 12.6 Å². The van der Waals surface area contributed by atoms with E-state index < -0.39 is 19.5 Å². The van der Waals surface area contributed by atoms with Crippen molar-refractivity contribution in [3.05, 3.63) is 74.6 Å². The molecule has 0 radical (unpaired) electrons. The number of nitrogens with zero attached hydrogens (tertiary/aromatic N) is 5. The maximum absolute atomic E-state index is 14.5. The molecule has 2 saturated heterocycles. The molecule has 4 heterocycles. The molecule has 0 bridgehead atoms. The molecule has 262 valence electrons. The number of benzene rings is 2. The Bertz CT molecular complexity index is 2140. The van der Waals surface area contributed by atoms with Crippen LogP contribution < -0.4 is 10.9 Å². The molecule has 1 N–H and O–H groups in total. The fourth-order valence-corrected chi connectivity index (χ4v) is 9.69. The van der Waals surface area contributed by atoms with Crippen LogP contribution in [0.25, 0.3) is 22.2 Å². The molecular weight excluding hydrogens is 703 g/mol. The Balaban J connectivity index is 1.41. The van der Waals surface area contributed by atoms with Crippen LogP contribution in [-0.2, 0) is 19.5 Å². The first-order valence-corrected chi connectivity index (χ1v) is 20.8. The summed E-state index contributed by atoms with van der Waals surface area (Å²) in [5, 5.41) is 3.98. The van der Waals surface area contributed by atoms with Crippen molar-refractivity contribution in [2.24, 2.45) is 0 Å². The molecule has 2 aliphatic rings. The topological polar surface area (TPSA) is 118 Å². The SMILES string of the molecule is C=S(=O)(c1cc(Cl)c(-c2cc3cnc(Nc4ccc(C5CCCN(C)C5)cc4)nc3n(C3CCN(S(C)(=O)=O)CC3)c2=O)c(Cl)c1)C(C)C. The summed E-state index contributed by atoms with van der Waals surface area (Å²) >= 11 is 13.6. The van der Waals surface area contributed by atoms with Crippen LogP contribution >= 0.6 is 23.2 Å². The minimum atomic E-state index is -3.38. The van der Waals surface area contributed by atoms with Crippen molar-refractivity contribution in [2.75, 3.05) is 44.8 Å². The molecule has 0 amide bonds. The number of sulfonamides is 1. The number of rotatable bonds is 8. The van der Waals surface area contributed by atoms with Crippen LogP contribution in [0.4, 0.5) is 11.6 Å². The van der Waals surface area contributed by atoms with Gasteiger partial charge in [-0.25, -0.2) is 17.7 Å². The Hall–Kier alpha value is -3.00. The zero-order valence-corrected chi connectivity index (χ0v) is 31.3. The molecule has 2 unspecified atom stereocenters. The molecule has 2 aromatic heterocycles. The zero-order chi connectivity index (χ0) is 35.2.